The zero-order chi connectivity index (χ0) is 10.7. The maximum Gasteiger partial charge on any atom is 0.124 e. The maximum absolute atomic E-state index is 5.60. The first-order chi connectivity index (χ1) is 7.24. The Kier molecular flexibility index (Phi) is 2.87. The molecule has 1 aromatic carbocycles. The monoisotopic (exact) mass is 217 g/mol. The number of hydrogen-bond donors (Lipinski definition) is 1. The van der Waals surface area contributed by atoms with E-state index in [9.17, 15) is 0 Å². The molecular weight excluding hydrogens is 206 g/mol. The Hall–Kier alpha value is -1.55. The van der Waals surface area contributed by atoms with Crippen molar-refractivity contribution in [2.75, 3.05) is 5.73 Å². The summed E-state index contributed by atoms with van der Waals surface area (Å²) in [5.74, 6) is 0. The number of nitrogens with zero attached hydrogens (tertiary/aromatic N) is 2. The van der Waals surface area contributed by atoms with Crippen LogP contribution in [0.15, 0.2) is 46.3 Å². The van der Waals surface area contributed by atoms with Gasteiger partial charge >= 0.3 is 0 Å². The van der Waals surface area contributed by atoms with E-state index in [2.05, 4.69) is 10.2 Å². The largest absolute Gasteiger partial charge is 0.399 e. The highest BCUT2D eigenvalue weighted by molar-refractivity contribution is 7.99. The lowest BCUT2D eigenvalue weighted by Gasteiger charge is -2.00. The summed E-state index contributed by atoms with van der Waals surface area (Å²) in [5.41, 5.74) is 7.30. The second-order valence-corrected chi connectivity index (χ2v) is 4.28. The van der Waals surface area contributed by atoms with Gasteiger partial charge in [0.1, 0.15) is 5.03 Å². The molecule has 0 aliphatic rings. The van der Waals surface area contributed by atoms with Gasteiger partial charge in [-0.3, -0.25) is 0 Å². The second kappa shape index (κ2) is 4.31. The first-order valence-electron chi connectivity index (χ1n) is 4.58. The lowest BCUT2D eigenvalue weighted by Crippen LogP contribution is -1.87. The van der Waals surface area contributed by atoms with E-state index in [0.29, 0.717) is 0 Å². The van der Waals surface area contributed by atoms with Gasteiger partial charge in [-0.05, 0) is 43.3 Å². The lowest BCUT2D eigenvalue weighted by atomic mass is 10.3. The fraction of sp³-hybridized carbons (Fsp3) is 0.0909. The summed E-state index contributed by atoms with van der Waals surface area (Å²) in [4.78, 5) is 1.11. The first-order valence-corrected chi connectivity index (χ1v) is 5.39. The van der Waals surface area contributed by atoms with Crippen molar-refractivity contribution in [2.24, 2.45) is 0 Å². The van der Waals surface area contributed by atoms with Gasteiger partial charge < -0.3 is 5.73 Å². The Morgan fingerprint density at radius 1 is 1.00 bits per heavy atom. The number of anilines is 1. The average Bonchev–Trinajstić information content (AvgIpc) is 2.25. The quantitative estimate of drug-likeness (QED) is 0.785. The molecule has 15 heavy (non-hydrogen) atoms. The normalized spacial score (nSPS) is 10.2. The molecule has 2 N–H and O–H groups in total. The van der Waals surface area contributed by atoms with E-state index in [1.807, 2.05) is 43.3 Å². The molecule has 76 valence electrons. The minimum Gasteiger partial charge on any atom is -0.399 e. The summed E-state index contributed by atoms with van der Waals surface area (Å²) in [6, 6.07) is 11.6. The summed E-state index contributed by atoms with van der Waals surface area (Å²) < 4.78 is 0. The van der Waals surface area contributed by atoms with Gasteiger partial charge in [-0.15, -0.1) is 5.10 Å². The third kappa shape index (κ3) is 2.70. The van der Waals surface area contributed by atoms with Gasteiger partial charge in [0.05, 0.1) is 5.69 Å². The van der Waals surface area contributed by atoms with Gasteiger partial charge in [-0.25, -0.2) is 0 Å². The molecule has 0 unspecified atom stereocenters. The molecule has 0 fully saturated rings. The van der Waals surface area contributed by atoms with E-state index in [4.69, 9.17) is 5.73 Å². The molecule has 2 aromatic rings. The molecule has 4 heteroatoms. The van der Waals surface area contributed by atoms with Gasteiger partial charge in [0.2, 0.25) is 0 Å². The first kappa shape index (κ1) is 9.98. The second-order valence-electron chi connectivity index (χ2n) is 3.18. The van der Waals surface area contributed by atoms with E-state index in [-0.39, 0.29) is 0 Å². The molecule has 0 aliphatic heterocycles. The Morgan fingerprint density at radius 3 is 2.33 bits per heavy atom. The fourth-order valence-electron chi connectivity index (χ4n) is 1.10. The van der Waals surface area contributed by atoms with E-state index < -0.39 is 0 Å². The SMILES string of the molecule is Cc1ccc(Sc2ccc(N)cc2)nn1. The van der Waals surface area contributed by atoms with Crippen LogP contribution in [-0.4, -0.2) is 10.2 Å². The zero-order valence-corrected chi connectivity index (χ0v) is 9.16. The number of hydrogen-bond acceptors (Lipinski definition) is 4. The third-order valence-electron chi connectivity index (χ3n) is 1.88. The molecule has 1 aromatic heterocycles. The Bertz CT molecular complexity index is 393. The van der Waals surface area contributed by atoms with E-state index in [0.717, 1.165) is 21.3 Å². The number of aromatic nitrogens is 2. The summed E-state index contributed by atoms with van der Waals surface area (Å²) >= 11 is 1.58. The molecule has 0 saturated carbocycles. The lowest BCUT2D eigenvalue weighted by molar-refractivity contribution is 0.896. The number of nitrogen functional groups attached to an aromatic ring is 1. The molecule has 0 amide bonds. The van der Waals surface area contributed by atoms with Crippen LogP contribution < -0.4 is 5.73 Å². The fourth-order valence-corrected chi connectivity index (χ4v) is 1.83. The molecule has 0 atom stereocenters. The van der Waals surface area contributed by atoms with Gasteiger partial charge in [-0.1, -0.05) is 11.8 Å². The van der Waals surface area contributed by atoms with Crippen molar-refractivity contribution < 1.29 is 0 Å². The maximum atomic E-state index is 5.60. The van der Waals surface area contributed by atoms with E-state index >= 15 is 0 Å². The van der Waals surface area contributed by atoms with Crippen LogP contribution in [0.2, 0.25) is 0 Å². The highest BCUT2D eigenvalue weighted by Crippen LogP contribution is 2.25. The molecule has 0 saturated heterocycles. The van der Waals surface area contributed by atoms with Crippen molar-refractivity contribution in [1.82, 2.24) is 10.2 Å². The van der Waals surface area contributed by atoms with Gasteiger partial charge in [-0.2, -0.15) is 5.10 Å². The Balaban J connectivity index is 2.15. The zero-order valence-electron chi connectivity index (χ0n) is 8.34. The molecule has 0 bridgehead atoms. The molecule has 3 nitrogen and oxygen atoms in total. The van der Waals surface area contributed by atoms with Gasteiger partial charge in [0.25, 0.3) is 0 Å². The minimum absolute atomic E-state index is 0.773. The van der Waals surface area contributed by atoms with Crippen molar-refractivity contribution in [2.45, 2.75) is 16.8 Å². The van der Waals surface area contributed by atoms with Gasteiger partial charge in [0.15, 0.2) is 0 Å². The summed E-state index contributed by atoms with van der Waals surface area (Å²) in [7, 11) is 0. The van der Waals surface area contributed by atoms with Crippen LogP contribution in [0.3, 0.4) is 0 Å². The van der Waals surface area contributed by atoms with E-state index in [1.54, 1.807) is 11.8 Å². The highest BCUT2D eigenvalue weighted by atomic mass is 32.2. The predicted octanol–water partition coefficient (Wildman–Crippen LogP) is 2.52. The van der Waals surface area contributed by atoms with Crippen LogP contribution in [0, 0.1) is 6.92 Å². The molecule has 0 aliphatic carbocycles. The molecule has 0 radical (unpaired) electrons. The summed E-state index contributed by atoms with van der Waals surface area (Å²) in [6.07, 6.45) is 0. The Morgan fingerprint density at radius 2 is 1.73 bits per heavy atom. The highest BCUT2D eigenvalue weighted by Gasteiger charge is 1.98. The van der Waals surface area contributed by atoms with Crippen molar-refractivity contribution in [3.05, 3.63) is 42.1 Å². The summed E-state index contributed by atoms with van der Waals surface area (Å²) in [6.45, 7) is 1.92. The third-order valence-corrected chi connectivity index (χ3v) is 2.81. The number of nitrogens with two attached hydrogens (primary N) is 1. The number of benzene rings is 1. The van der Waals surface area contributed by atoms with Crippen LogP contribution in [0.25, 0.3) is 0 Å². The Labute approximate surface area is 92.7 Å². The van der Waals surface area contributed by atoms with Crippen molar-refractivity contribution in [3.8, 4) is 0 Å². The standard InChI is InChI=1S/C11H11N3S/c1-8-2-7-11(14-13-8)15-10-5-3-9(12)4-6-10/h2-7H,12H2,1H3. The van der Waals surface area contributed by atoms with Gasteiger partial charge in [0, 0.05) is 10.6 Å². The van der Waals surface area contributed by atoms with Crippen LogP contribution in [0.5, 0.6) is 0 Å². The van der Waals surface area contributed by atoms with E-state index in [1.165, 1.54) is 0 Å². The minimum atomic E-state index is 0.773. The average molecular weight is 217 g/mol. The van der Waals surface area contributed by atoms with Crippen molar-refractivity contribution in [1.29, 1.82) is 0 Å². The number of rotatable bonds is 2. The van der Waals surface area contributed by atoms with Crippen LogP contribution in [0.4, 0.5) is 5.69 Å². The number of aryl methyl sites for hydroxylation is 1. The molecule has 1 heterocycles. The van der Waals surface area contributed by atoms with Crippen molar-refractivity contribution in [3.63, 3.8) is 0 Å². The van der Waals surface area contributed by atoms with Crippen LogP contribution in [0.1, 0.15) is 5.69 Å². The van der Waals surface area contributed by atoms with Crippen LogP contribution >= 0.6 is 11.8 Å². The topological polar surface area (TPSA) is 51.8 Å². The summed E-state index contributed by atoms with van der Waals surface area (Å²) in [5, 5.41) is 8.97. The molecule has 2 rings (SSSR count). The molecular formula is C11H11N3S. The molecule has 0 spiro atoms. The smallest absolute Gasteiger partial charge is 0.124 e. The van der Waals surface area contributed by atoms with Crippen molar-refractivity contribution >= 4 is 17.4 Å². The van der Waals surface area contributed by atoms with Crippen LogP contribution in [-0.2, 0) is 0 Å². The predicted molar refractivity (Wildman–Crippen MR) is 61.7 cm³/mol.